The number of benzene rings is 1. The zero-order valence-corrected chi connectivity index (χ0v) is 20.3. The Kier molecular flexibility index (Phi) is 6.94. The van der Waals surface area contributed by atoms with Gasteiger partial charge in [-0.05, 0) is 43.9 Å². The standard InChI is InChI=1S/C26H32N6O3/c1-31(2)26(33)18-3-8-24(29-17-18)30-19-4-6-21(7-5-19)35-23-16-20(32-11-13-34-14-12-32)15-22-25(23)28-10-9-27-22/h3,8-10,15-17,19,21H,4-7,11-14H2,1-2H3,(H,29,30)/t19-,21+. The quantitative estimate of drug-likeness (QED) is 0.579. The fourth-order valence-corrected chi connectivity index (χ4v) is 4.70. The van der Waals surface area contributed by atoms with E-state index in [4.69, 9.17) is 9.47 Å². The number of nitrogens with zero attached hydrogens (tertiary/aromatic N) is 5. The Hall–Kier alpha value is -3.46. The minimum atomic E-state index is -0.0448. The predicted octanol–water partition coefficient (Wildman–Crippen LogP) is 3.37. The number of pyridine rings is 1. The summed E-state index contributed by atoms with van der Waals surface area (Å²) in [5, 5.41) is 3.51. The van der Waals surface area contributed by atoms with Crippen LogP contribution in [0.2, 0.25) is 0 Å². The van der Waals surface area contributed by atoms with Gasteiger partial charge in [-0.1, -0.05) is 0 Å². The maximum absolute atomic E-state index is 12.1. The first kappa shape index (κ1) is 23.3. The van der Waals surface area contributed by atoms with Crippen molar-refractivity contribution in [2.45, 2.75) is 37.8 Å². The van der Waals surface area contributed by atoms with Crippen molar-refractivity contribution < 1.29 is 14.3 Å². The molecule has 3 aromatic rings. The molecule has 2 aromatic heterocycles. The number of morpholine rings is 1. The van der Waals surface area contributed by atoms with Gasteiger partial charge in [-0.3, -0.25) is 9.78 Å². The third-order valence-corrected chi connectivity index (χ3v) is 6.64. The highest BCUT2D eigenvalue weighted by atomic mass is 16.5. The highest BCUT2D eigenvalue weighted by Gasteiger charge is 2.24. The normalized spacial score (nSPS) is 20.5. The fraction of sp³-hybridized carbons (Fsp3) is 0.462. The number of carbonyl (C=O) groups excluding carboxylic acids is 1. The van der Waals surface area contributed by atoms with E-state index in [1.165, 1.54) is 0 Å². The molecule has 1 aliphatic carbocycles. The monoisotopic (exact) mass is 476 g/mol. The fourth-order valence-electron chi connectivity index (χ4n) is 4.70. The van der Waals surface area contributed by atoms with Crippen LogP contribution >= 0.6 is 0 Å². The number of aromatic nitrogens is 3. The van der Waals surface area contributed by atoms with Crippen molar-refractivity contribution in [2.24, 2.45) is 0 Å². The lowest BCUT2D eigenvalue weighted by molar-refractivity contribution is 0.0827. The second kappa shape index (κ2) is 10.4. The highest BCUT2D eigenvalue weighted by molar-refractivity contribution is 5.93. The van der Waals surface area contributed by atoms with Gasteiger partial charge in [-0.15, -0.1) is 0 Å². The molecule has 0 spiro atoms. The van der Waals surface area contributed by atoms with Gasteiger partial charge in [0.05, 0.1) is 30.4 Å². The maximum atomic E-state index is 12.1. The lowest BCUT2D eigenvalue weighted by Gasteiger charge is -2.31. The number of carbonyl (C=O) groups is 1. The molecule has 0 atom stereocenters. The zero-order chi connectivity index (χ0) is 24.2. The molecule has 1 saturated carbocycles. The van der Waals surface area contributed by atoms with Crippen LogP contribution in [0.5, 0.6) is 5.75 Å². The number of anilines is 2. The molecule has 5 rings (SSSR count). The summed E-state index contributed by atoms with van der Waals surface area (Å²) in [4.78, 5) is 29.5. The van der Waals surface area contributed by atoms with Gasteiger partial charge in [0, 0.05) is 63.6 Å². The van der Waals surface area contributed by atoms with E-state index < -0.39 is 0 Å². The molecule has 1 aromatic carbocycles. The Morgan fingerprint density at radius 1 is 1.06 bits per heavy atom. The molecular formula is C26H32N6O3. The van der Waals surface area contributed by atoms with Gasteiger partial charge < -0.3 is 24.6 Å². The average molecular weight is 477 g/mol. The highest BCUT2D eigenvalue weighted by Crippen LogP contribution is 2.33. The van der Waals surface area contributed by atoms with Gasteiger partial charge >= 0.3 is 0 Å². The van der Waals surface area contributed by atoms with Crippen molar-refractivity contribution in [3.63, 3.8) is 0 Å². The minimum absolute atomic E-state index is 0.0448. The molecule has 1 aliphatic heterocycles. The van der Waals surface area contributed by atoms with E-state index in [0.717, 1.165) is 80.3 Å². The summed E-state index contributed by atoms with van der Waals surface area (Å²) in [6.07, 6.45) is 9.06. The Morgan fingerprint density at radius 2 is 1.83 bits per heavy atom. The van der Waals surface area contributed by atoms with Crippen molar-refractivity contribution >= 4 is 28.4 Å². The number of fused-ring (bicyclic) bond motifs is 1. The Balaban J connectivity index is 1.22. The topological polar surface area (TPSA) is 92.7 Å². The lowest BCUT2D eigenvalue weighted by atomic mass is 9.93. The third-order valence-electron chi connectivity index (χ3n) is 6.64. The number of nitrogens with one attached hydrogen (secondary N) is 1. The molecule has 184 valence electrons. The van der Waals surface area contributed by atoms with E-state index >= 15 is 0 Å². The molecule has 2 aliphatic rings. The smallest absolute Gasteiger partial charge is 0.254 e. The molecule has 9 nitrogen and oxygen atoms in total. The molecule has 1 N–H and O–H groups in total. The van der Waals surface area contributed by atoms with Gasteiger partial charge in [-0.2, -0.15) is 0 Å². The molecule has 1 saturated heterocycles. The van der Waals surface area contributed by atoms with Crippen LogP contribution in [0.1, 0.15) is 36.0 Å². The van der Waals surface area contributed by atoms with E-state index in [-0.39, 0.29) is 12.0 Å². The van der Waals surface area contributed by atoms with Crippen LogP contribution in [0.25, 0.3) is 11.0 Å². The van der Waals surface area contributed by atoms with Gasteiger partial charge in [-0.25, -0.2) is 9.97 Å². The summed E-state index contributed by atoms with van der Waals surface area (Å²) < 4.78 is 12.0. The number of hydrogen-bond acceptors (Lipinski definition) is 8. The van der Waals surface area contributed by atoms with E-state index in [0.29, 0.717) is 11.6 Å². The lowest BCUT2D eigenvalue weighted by Crippen LogP contribution is -2.36. The molecule has 0 radical (unpaired) electrons. The maximum Gasteiger partial charge on any atom is 0.254 e. The SMILES string of the molecule is CN(C)C(=O)c1ccc(N[C@H]2CC[C@@H](Oc3cc(N4CCOCC4)cc4nccnc34)CC2)nc1. The van der Waals surface area contributed by atoms with Crippen LogP contribution in [0, 0.1) is 0 Å². The van der Waals surface area contributed by atoms with Crippen LogP contribution in [-0.2, 0) is 4.74 Å². The van der Waals surface area contributed by atoms with Crippen LogP contribution in [0.3, 0.4) is 0 Å². The minimum Gasteiger partial charge on any atom is -0.488 e. The van der Waals surface area contributed by atoms with E-state index in [1.54, 1.807) is 37.6 Å². The van der Waals surface area contributed by atoms with Gasteiger partial charge in [0.25, 0.3) is 5.91 Å². The van der Waals surface area contributed by atoms with Gasteiger partial charge in [0.1, 0.15) is 17.1 Å². The van der Waals surface area contributed by atoms with Crippen molar-refractivity contribution in [1.82, 2.24) is 19.9 Å². The van der Waals surface area contributed by atoms with Crippen LogP contribution < -0.4 is 15.0 Å². The van der Waals surface area contributed by atoms with Crippen molar-refractivity contribution in [3.05, 3.63) is 48.4 Å². The molecule has 1 amide bonds. The first-order chi connectivity index (χ1) is 17.1. The number of hydrogen-bond donors (Lipinski definition) is 1. The first-order valence-corrected chi connectivity index (χ1v) is 12.2. The van der Waals surface area contributed by atoms with Crippen molar-refractivity contribution in [2.75, 3.05) is 50.6 Å². The van der Waals surface area contributed by atoms with E-state index in [9.17, 15) is 4.79 Å². The summed E-state index contributed by atoms with van der Waals surface area (Å²) >= 11 is 0. The Bertz CT molecular complexity index is 1160. The second-order valence-electron chi connectivity index (χ2n) is 9.33. The van der Waals surface area contributed by atoms with Crippen LogP contribution in [-0.4, -0.2) is 78.3 Å². The summed E-state index contributed by atoms with van der Waals surface area (Å²) in [7, 11) is 3.48. The molecular weight excluding hydrogens is 444 g/mol. The average Bonchev–Trinajstić information content (AvgIpc) is 2.90. The molecule has 9 heteroatoms. The predicted molar refractivity (Wildman–Crippen MR) is 135 cm³/mol. The number of ether oxygens (including phenoxy) is 2. The molecule has 0 bridgehead atoms. The van der Waals surface area contributed by atoms with E-state index in [2.05, 4.69) is 37.3 Å². The van der Waals surface area contributed by atoms with Gasteiger partial charge in [0.2, 0.25) is 0 Å². The largest absolute Gasteiger partial charge is 0.488 e. The third kappa shape index (κ3) is 5.45. The molecule has 35 heavy (non-hydrogen) atoms. The summed E-state index contributed by atoms with van der Waals surface area (Å²) in [6, 6.07) is 8.22. The Morgan fingerprint density at radius 3 is 2.54 bits per heavy atom. The number of rotatable bonds is 6. The van der Waals surface area contributed by atoms with Crippen molar-refractivity contribution in [1.29, 1.82) is 0 Å². The summed E-state index contributed by atoms with van der Waals surface area (Å²) in [6.45, 7) is 3.19. The van der Waals surface area contributed by atoms with Gasteiger partial charge in [0.15, 0.2) is 0 Å². The molecule has 0 unspecified atom stereocenters. The summed E-state index contributed by atoms with van der Waals surface area (Å²) in [5.41, 5.74) is 3.35. The number of amides is 1. The molecule has 3 heterocycles. The summed E-state index contributed by atoms with van der Waals surface area (Å²) in [5.74, 6) is 1.55. The first-order valence-electron chi connectivity index (χ1n) is 12.2. The van der Waals surface area contributed by atoms with Crippen LogP contribution in [0.15, 0.2) is 42.9 Å². The second-order valence-corrected chi connectivity index (χ2v) is 9.33. The zero-order valence-electron chi connectivity index (χ0n) is 20.3. The van der Waals surface area contributed by atoms with Crippen LogP contribution in [0.4, 0.5) is 11.5 Å². The van der Waals surface area contributed by atoms with Crippen molar-refractivity contribution in [3.8, 4) is 5.75 Å². The molecule has 2 fully saturated rings. The van der Waals surface area contributed by atoms with E-state index in [1.807, 2.05) is 12.1 Å². The Labute approximate surface area is 205 Å².